The molecule has 0 bridgehead atoms. The molecule has 0 fully saturated rings. The van der Waals surface area contributed by atoms with E-state index in [1.54, 1.807) is 21.6 Å². The van der Waals surface area contributed by atoms with Crippen molar-refractivity contribution in [2.45, 2.75) is 25.7 Å². The zero-order valence-electron chi connectivity index (χ0n) is 8.53. The van der Waals surface area contributed by atoms with E-state index in [0.717, 1.165) is 24.3 Å². The monoisotopic (exact) mass is 251 g/mol. The first-order valence-electron chi connectivity index (χ1n) is 4.69. The van der Waals surface area contributed by atoms with Crippen molar-refractivity contribution in [1.29, 1.82) is 0 Å². The van der Waals surface area contributed by atoms with Gasteiger partial charge in [-0.1, -0.05) is 21.6 Å². The molecule has 0 radical (unpaired) electrons. The Kier molecular flexibility index (Phi) is 9.86. The molecular weight excluding hydrogens is 234 g/mol. The molecular formula is C8H17N3O2S2. The molecule has 88 valence electrons. The number of carbonyl (C=O) groups excluding carboxylic acids is 2. The number of hydrogen-bond donors (Lipinski definition) is 3. The number of hydrogen-bond acceptors (Lipinski definition) is 5. The normalized spacial score (nSPS) is 9.93. The topological polar surface area (TPSA) is 98.2 Å². The lowest BCUT2D eigenvalue weighted by Gasteiger charge is -2.00. The Morgan fingerprint density at radius 3 is 2.07 bits per heavy atom. The summed E-state index contributed by atoms with van der Waals surface area (Å²) >= 11 is 0. The first-order valence-corrected chi connectivity index (χ1v) is 7.17. The van der Waals surface area contributed by atoms with Crippen LogP contribution in [-0.2, 0) is 9.59 Å². The molecule has 0 aromatic carbocycles. The summed E-state index contributed by atoms with van der Waals surface area (Å²) < 4.78 is 0. The fourth-order valence-electron chi connectivity index (χ4n) is 0.787. The van der Waals surface area contributed by atoms with Crippen molar-refractivity contribution in [2.75, 3.05) is 11.5 Å². The Bertz CT molecular complexity index is 202. The van der Waals surface area contributed by atoms with E-state index in [0.29, 0.717) is 12.8 Å². The van der Waals surface area contributed by atoms with Crippen LogP contribution in [0, 0.1) is 0 Å². The molecule has 0 unspecified atom stereocenters. The van der Waals surface area contributed by atoms with Gasteiger partial charge < -0.3 is 5.73 Å². The highest BCUT2D eigenvalue weighted by Gasteiger charge is 1.98. The van der Waals surface area contributed by atoms with Gasteiger partial charge in [-0.05, 0) is 12.8 Å². The second-order valence-electron chi connectivity index (χ2n) is 2.88. The fourth-order valence-corrected chi connectivity index (χ4v) is 2.96. The van der Waals surface area contributed by atoms with Gasteiger partial charge in [0, 0.05) is 24.3 Å². The first kappa shape index (κ1) is 14.6. The minimum Gasteiger partial charge on any atom is -0.370 e. The van der Waals surface area contributed by atoms with Crippen LogP contribution in [0.2, 0.25) is 0 Å². The molecule has 5 N–H and O–H groups in total. The largest absolute Gasteiger partial charge is 0.370 e. The highest BCUT2D eigenvalue weighted by Crippen LogP contribution is 2.23. The number of nitrogens with two attached hydrogens (primary N) is 2. The maximum Gasteiger partial charge on any atom is 0.233 e. The van der Waals surface area contributed by atoms with Crippen LogP contribution >= 0.6 is 21.6 Å². The van der Waals surface area contributed by atoms with Crippen LogP contribution in [0.15, 0.2) is 0 Å². The van der Waals surface area contributed by atoms with Gasteiger partial charge in [-0.2, -0.15) is 0 Å². The molecule has 0 heterocycles. The summed E-state index contributed by atoms with van der Waals surface area (Å²) in [6.07, 6.45) is 2.54. The molecule has 0 saturated carbocycles. The zero-order valence-corrected chi connectivity index (χ0v) is 10.2. The summed E-state index contributed by atoms with van der Waals surface area (Å²) in [5.74, 6) is 6.37. The van der Waals surface area contributed by atoms with E-state index in [1.807, 2.05) is 0 Å². The molecule has 0 aliphatic carbocycles. The van der Waals surface area contributed by atoms with Crippen molar-refractivity contribution in [2.24, 2.45) is 11.6 Å². The minimum atomic E-state index is -0.250. The Hall–Kier alpha value is -0.400. The van der Waals surface area contributed by atoms with Crippen LogP contribution in [0.1, 0.15) is 25.7 Å². The Morgan fingerprint density at radius 2 is 1.60 bits per heavy atom. The number of carbonyl (C=O) groups is 2. The van der Waals surface area contributed by atoms with Crippen molar-refractivity contribution >= 4 is 33.4 Å². The van der Waals surface area contributed by atoms with Gasteiger partial charge in [-0.15, -0.1) is 0 Å². The number of nitrogens with one attached hydrogen (secondary N) is 1. The average Bonchev–Trinajstić information content (AvgIpc) is 2.21. The quantitative estimate of drug-likeness (QED) is 0.181. The zero-order chi connectivity index (χ0) is 11.5. The van der Waals surface area contributed by atoms with Crippen LogP contribution in [0.5, 0.6) is 0 Å². The molecule has 0 atom stereocenters. The molecule has 15 heavy (non-hydrogen) atoms. The van der Waals surface area contributed by atoms with Crippen LogP contribution in [-0.4, -0.2) is 23.3 Å². The standard InChI is InChI=1S/C8H17N3O2S2/c9-7(12)3-1-5-14-15-6-2-4-8(13)11-10/h1-6,10H2,(H2,9,12)(H,11,13). The number of hydrazine groups is 1. The van der Waals surface area contributed by atoms with Crippen LogP contribution in [0.4, 0.5) is 0 Å². The van der Waals surface area contributed by atoms with Gasteiger partial charge in [-0.25, -0.2) is 5.84 Å². The van der Waals surface area contributed by atoms with E-state index in [2.05, 4.69) is 5.43 Å². The third kappa shape index (κ3) is 11.5. The highest BCUT2D eigenvalue weighted by molar-refractivity contribution is 8.76. The van der Waals surface area contributed by atoms with Crippen molar-refractivity contribution in [3.05, 3.63) is 0 Å². The molecule has 0 spiro atoms. The smallest absolute Gasteiger partial charge is 0.233 e. The highest BCUT2D eigenvalue weighted by atomic mass is 33.1. The summed E-state index contributed by atoms with van der Waals surface area (Å²) in [6.45, 7) is 0. The van der Waals surface area contributed by atoms with Crippen molar-refractivity contribution in [1.82, 2.24) is 5.43 Å². The minimum absolute atomic E-state index is 0.130. The molecule has 0 aliphatic heterocycles. The summed E-state index contributed by atoms with van der Waals surface area (Å²) in [5, 5.41) is 0. The third-order valence-electron chi connectivity index (χ3n) is 1.53. The lowest BCUT2D eigenvalue weighted by Crippen LogP contribution is -2.29. The number of primary amides is 1. The van der Waals surface area contributed by atoms with Crippen molar-refractivity contribution < 1.29 is 9.59 Å². The lowest BCUT2D eigenvalue weighted by molar-refractivity contribution is -0.121. The molecule has 0 aliphatic rings. The van der Waals surface area contributed by atoms with Gasteiger partial charge in [0.2, 0.25) is 11.8 Å². The summed E-state index contributed by atoms with van der Waals surface area (Å²) in [5.41, 5.74) is 7.07. The van der Waals surface area contributed by atoms with E-state index in [9.17, 15) is 9.59 Å². The fraction of sp³-hybridized carbons (Fsp3) is 0.750. The van der Waals surface area contributed by atoms with E-state index in [1.165, 1.54) is 0 Å². The van der Waals surface area contributed by atoms with Gasteiger partial charge in [-0.3, -0.25) is 15.0 Å². The van der Waals surface area contributed by atoms with Gasteiger partial charge in [0.15, 0.2) is 0 Å². The maximum absolute atomic E-state index is 10.7. The van der Waals surface area contributed by atoms with Gasteiger partial charge >= 0.3 is 0 Å². The molecule has 0 aromatic heterocycles. The molecule has 0 saturated heterocycles. The van der Waals surface area contributed by atoms with Crippen LogP contribution < -0.4 is 17.0 Å². The average molecular weight is 251 g/mol. The van der Waals surface area contributed by atoms with E-state index >= 15 is 0 Å². The molecule has 7 heteroatoms. The molecule has 0 rings (SSSR count). The van der Waals surface area contributed by atoms with Gasteiger partial charge in [0.1, 0.15) is 0 Å². The SMILES string of the molecule is NNC(=O)CCCSSCCCC(N)=O. The third-order valence-corrected chi connectivity index (χ3v) is 4.10. The number of rotatable bonds is 9. The van der Waals surface area contributed by atoms with Gasteiger partial charge in [0.25, 0.3) is 0 Å². The first-order chi connectivity index (χ1) is 7.16. The second kappa shape index (κ2) is 10.1. The Balaban J connectivity index is 3.05. The van der Waals surface area contributed by atoms with E-state index in [-0.39, 0.29) is 11.8 Å². The van der Waals surface area contributed by atoms with Crippen LogP contribution in [0.3, 0.4) is 0 Å². The Labute approximate surface area is 97.5 Å². The molecule has 5 nitrogen and oxygen atoms in total. The summed E-state index contributed by atoms with van der Waals surface area (Å²) in [4.78, 5) is 21.1. The predicted octanol–water partition coefficient (Wildman–Crippen LogP) is 0.403. The second-order valence-corrected chi connectivity index (χ2v) is 5.59. The number of amides is 2. The predicted molar refractivity (Wildman–Crippen MR) is 64.9 cm³/mol. The Morgan fingerprint density at radius 1 is 1.07 bits per heavy atom. The maximum atomic E-state index is 10.7. The van der Waals surface area contributed by atoms with E-state index in [4.69, 9.17) is 11.6 Å². The molecule has 0 aromatic rings. The summed E-state index contributed by atoms with van der Waals surface area (Å²) in [7, 11) is 3.40. The molecule has 2 amide bonds. The van der Waals surface area contributed by atoms with Crippen LogP contribution in [0.25, 0.3) is 0 Å². The van der Waals surface area contributed by atoms with E-state index < -0.39 is 0 Å². The summed E-state index contributed by atoms with van der Waals surface area (Å²) in [6, 6.07) is 0. The van der Waals surface area contributed by atoms with Crippen molar-refractivity contribution in [3.63, 3.8) is 0 Å². The lowest BCUT2D eigenvalue weighted by atomic mass is 10.3. The van der Waals surface area contributed by atoms with Gasteiger partial charge in [0.05, 0.1) is 0 Å². The van der Waals surface area contributed by atoms with Crippen molar-refractivity contribution in [3.8, 4) is 0 Å².